The molecule has 0 saturated carbocycles. The van der Waals surface area contributed by atoms with Crippen LogP contribution in [0.1, 0.15) is 37.4 Å². The largest absolute Gasteiger partial charge is 0.505 e. The van der Waals surface area contributed by atoms with E-state index in [2.05, 4.69) is 41.5 Å². The minimum atomic E-state index is -0.573. The highest BCUT2D eigenvalue weighted by molar-refractivity contribution is 6.34. The van der Waals surface area contributed by atoms with Gasteiger partial charge in [0.05, 0.1) is 49.7 Å². The van der Waals surface area contributed by atoms with Crippen molar-refractivity contribution in [3.8, 4) is 22.6 Å². The number of carbonyl (C=O) groups excluding carboxylic acids is 2. The number of ketones is 1. The Labute approximate surface area is 404 Å². The molecular formula is C54H36Cl2N8O5. The highest BCUT2D eigenvalue weighted by Gasteiger charge is 2.28. The molecule has 0 atom stereocenters. The van der Waals surface area contributed by atoms with Gasteiger partial charge in [-0.2, -0.15) is 20.5 Å². The van der Waals surface area contributed by atoms with Crippen LogP contribution < -0.4 is 10.8 Å². The number of carbonyl (C=O) groups is 2. The number of nitrogens with one attached hydrogen (secondary N) is 2. The number of phenols is 2. The Kier molecular flexibility index (Phi) is 12.1. The molecule has 15 heteroatoms. The van der Waals surface area contributed by atoms with Crippen LogP contribution in [0.4, 0.5) is 45.5 Å². The van der Waals surface area contributed by atoms with Gasteiger partial charge in [-0.3, -0.25) is 19.9 Å². The van der Waals surface area contributed by atoms with Crippen molar-refractivity contribution in [2.45, 2.75) is 13.5 Å². The summed E-state index contributed by atoms with van der Waals surface area (Å²) < 4.78 is 0. The topological polar surface area (TPSA) is 182 Å². The van der Waals surface area contributed by atoms with Crippen LogP contribution in [0.3, 0.4) is 0 Å². The molecule has 0 bridgehead atoms. The van der Waals surface area contributed by atoms with Gasteiger partial charge in [-0.15, -0.1) is 10.2 Å². The third-order valence-electron chi connectivity index (χ3n) is 11.5. The molecule has 0 unspecified atom stereocenters. The fraction of sp³-hybridized carbons (Fsp3) is 0.0370. The molecule has 336 valence electrons. The highest BCUT2D eigenvalue weighted by atomic mass is 35.5. The SMILES string of the molecule is Cc1cc(N=Nc2ccc3c(c2)C(=O)c2cc(N=Nc4c(O)c(C(=O)Nc5ccccc5Cl)cc5ccccc45)ccc2-3)ccc1N=Nc1c(O)c(CONc2ccccc2Cl)cc2ccccc12. The van der Waals surface area contributed by atoms with Gasteiger partial charge in [-0.05, 0) is 113 Å². The minimum Gasteiger partial charge on any atom is -0.505 e. The molecule has 9 aromatic rings. The van der Waals surface area contributed by atoms with Crippen molar-refractivity contribution < 1.29 is 24.6 Å². The lowest BCUT2D eigenvalue weighted by atomic mass is 10.0. The van der Waals surface area contributed by atoms with E-state index >= 15 is 0 Å². The van der Waals surface area contributed by atoms with Gasteiger partial charge in [-0.25, -0.2) is 0 Å². The van der Waals surface area contributed by atoms with Crippen LogP contribution in [0, 0.1) is 6.92 Å². The zero-order valence-corrected chi connectivity index (χ0v) is 37.9. The van der Waals surface area contributed by atoms with Gasteiger partial charge < -0.3 is 15.5 Å². The molecule has 69 heavy (non-hydrogen) atoms. The number of hydrogen-bond donors (Lipinski definition) is 4. The number of hydrogen-bond acceptors (Lipinski definition) is 12. The van der Waals surface area contributed by atoms with Gasteiger partial charge in [0, 0.05) is 27.5 Å². The Morgan fingerprint density at radius 3 is 1.71 bits per heavy atom. The summed E-state index contributed by atoms with van der Waals surface area (Å²) in [7, 11) is 0. The predicted octanol–water partition coefficient (Wildman–Crippen LogP) is 16.3. The second-order valence-electron chi connectivity index (χ2n) is 16.0. The van der Waals surface area contributed by atoms with Crippen LogP contribution in [0.5, 0.6) is 11.5 Å². The summed E-state index contributed by atoms with van der Waals surface area (Å²) >= 11 is 12.5. The molecule has 1 amide bonds. The summed E-state index contributed by atoms with van der Waals surface area (Å²) in [5, 5.41) is 55.9. The van der Waals surface area contributed by atoms with Gasteiger partial charge in [0.15, 0.2) is 11.5 Å². The minimum absolute atomic E-state index is 0.00925. The quantitative estimate of drug-likeness (QED) is 0.0698. The Morgan fingerprint density at radius 2 is 1.07 bits per heavy atom. The number of halogens is 2. The monoisotopic (exact) mass is 946 g/mol. The fourth-order valence-corrected chi connectivity index (χ4v) is 8.34. The Bertz CT molecular complexity index is 3650. The first kappa shape index (κ1) is 44.2. The second kappa shape index (κ2) is 18.9. The van der Waals surface area contributed by atoms with Crippen molar-refractivity contribution in [2.24, 2.45) is 30.7 Å². The molecule has 0 radical (unpaired) electrons. The fourth-order valence-electron chi connectivity index (χ4n) is 7.99. The van der Waals surface area contributed by atoms with Crippen molar-refractivity contribution in [3.05, 3.63) is 202 Å². The number of rotatable bonds is 12. The van der Waals surface area contributed by atoms with Crippen molar-refractivity contribution in [1.29, 1.82) is 0 Å². The van der Waals surface area contributed by atoms with Crippen molar-refractivity contribution in [1.82, 2.24) is 0 Å². The van der Waals surface area contributed by atoms with E-state index in [0.717, 1.165) is 27.5 Å². The van der Waals surface area contributed by atoms with Crippen LogP contribution in [-0.2, 0) is 11.4 Å². The van der Waals surface area contributed by atoms with E-state index in [4.69, 9.17) is 28.0 Å². The van der Waals surface area contributed by atoms with E-state index < -0.39 is 5.91 Å². The molecule has 10 rings (SSSR count). The number of phenolic OH excluding ortho intramolecular Hbond substituents is 2. The van der Waals surface area contributed by atoms with E-state index in [0.29, 0.717) is 77.3 Å². The lowest BCUT2D eigenvalue weighted by Gasteiger charge is -2.12. The average molecular weight is 948 g/mol. The number of fused-ring (bicyclic) bond motifs is 5. The normalized spacial score (nSPS) is 12.1. The smallest absolute Gasteiger partial charge is 0.259 e. The summed E-state index contributed by atoms with van der Waals surface area (Å²) in [4.78, 5) is 32.9. The van der Waals surface area contributed by atoms with Gasteiger partial charge >= 0.3 is 0 Å². The zero-order chi connectivity index (χ0) is 47.6. The first-order chi connectivity index (χ1) is 33.6. The van der Waals surface area contributed by atoms with E-state index in [1.807, 2.05) is 73.7 Å². The van der Waals surface area contributed by atoms with Gasteiger partial charge in [-0.1, -0.05) is 108 Å². The number of anilines is 2. The van der Waals surface area contributed by atoms with Crippen LogP contribution in [0.25, 0.3) is 32.7 Å². The van der Waals surface area contributed by atoms with Crippen LogP contribution in [-0.4, -0.2) is 21.9 Å². The summed E-state index contributed by atoms with van der Waals surface area (Å²) in [6.45, 7) is 1.90. The Hall–Kier alpha value is -8.62. The molecule has 0 aliphatic heterocycles. The van der Waals surface area contributed by atoms with E-state index in [1.54, 1.807) is 97.1 Å². The molecule has 1 aliphatic rings. The van der Waals surface area contributed by atoms with Gasteiger partial charge in [0.25, 0.3) is 5.91 Å². The number of para-hydroxylation sites is 2. The van der Waals surface area contributed by atoms with Gasteiger partial charge in [0.1, 0.15) is 23.7 Å². The first-order valence-electron chi connectivity index (χ1n) is 21.4. The molecule has 4 N–H and O–H groups in total. The van der Waals surface area contributed by atoms with Crippen LogP contribution in [0.2, 0.25) is 10.0 Å². The summed E-state index contributed by atoms with van der Waals surface area (Å²) in [6.07, 6.45) is 0. The number of azo groups is 3. The van der Waals surface area contributed by atoms with Crippen LogP contribution >= 0.6 is 23.2 Å². The number of nitrogens with zero attached hydrogens (tertiary/aromatic N) is 6. The average Bonchev–Trinajstić information content (AvgIpc) is 3.64. The lowest BCUT2D eigenvalue weighted by molar-refractivity contribution is 0.102. The Morgan fingerprint density at radius 1 is 0.551 bits per heavy atom. The standard InChI is InChI=1S/C54H36Cl2N8O5/c1-30-24-34(20-23-46(30)61-63-49-37-12-4-2-10-31(37)25-33(51(49)65)29-69-64-48-17-9-7-15-45(48)56)58-59-35-18-21-39-40-22-19-36(28-42(40)52(66)41(39)27-35)60-62-50-38-13-5-3-11-32(38)26-43(53(50)67)54(68)57-47-16-8-6-14-44(47)55/h2-28,64-65,67H,29H2,1H3,(H,57,68). The first-order valence-corrected chi connectivity index (χ1v) is 22.2. The maximum Gasteiger partial charge on any atom is 0.259 e. The van der Waals surface area contributed by atoms with Crippen molar-refractivity contribution in [2.75, 3.05) is 10.8 Å². The van der Waals surface area contributed by atoms with E-state index in [1.165, 1.54) is 0 Å². The lowest BCUT2D eigenvalue weighted by Crippen LogP contribution is -2.12. The molecule has 13 nitrogen and oxygen atoms in total. The summed E-state index contributed by atoms with van der Waals surface area (Å²) in [5.41, 5.74) is 9.83. The summed E-state index contributed by atoms with van der Waals surface area (Å²) in [5.74, 6) is -1.20. The molecule has 0 saturated heterocycles. The number of aryl methyl sites for hydroxylation is 1. The van der Waals surface area contributed by atoms with Crippen LogP contribution in [0.15, 0.2) is 194 Å². The third kappa shape index (κ3) is 9.00. The molecular weight excluding hydrogens is 912 g/mol. The zero-order valence-electron chi connectivity index (χ0n) is 36.4. The summed E-state index contributed by atoms with van der Waals surface area (Å²) in [6, 6.07) is 48.0. The molecule has 0 spiro atoms. The molecule has 0 aromatic heterocycles. The maximum atomic E-state index is 13.8. The molecule has 0 heterocycles. The Balaban J connectivity index is 0.843. The van der Waals surface area contributed by atoms with Gasteiger partial charge in [0.2, 0.25) is 0 Å². The maximum absolute atomic E-state index is 13.8. The van der Waals surface area contributed by atoms with Crippen molar-refractivity contribution in [3.63, 3.8) is 0 Å². The number of benzene rings is 9. The number of aromatic hydroxyl groups is 2. The molecule has 1 aliphatic carbocycles. The van der Waals surface area contributed by atoms with Crippen molar-refractivity contribution >= 4 is 102 Å². The van der Waals surface area contributed by atoms with E-state index in [9.17, 15) is 19.8 Å². The number of amides is 1. The third-order valence-corrected chi connectivity index (χ3v) is 12.1. The highest BCUT2D eigenvalue weighted by Crippen LogP contribution is 2.44. The molecule has 0 fully saturated rings. The van der Waals surface area contributed by atoms with E-state index in [-0.39, 0.29) is 35.1 Å². The molecule has 9 aromatic carbocycles. The predicted molar refractivity (Wildman–Crippen MR) is 270 cm³/mol. The second-order valence-corrected chi connectivity index (χ2v) is 16.8.